The van der Waals surface area contributed by atoms with Crippen molar-refractivity contribution in [2.24, 2.45) is 5.73 Å². The Morgan fingerprint density at radius 1 is 1.20 bits per heavy atom. The van der Waals surface area contributed by atoms with Crippen molar-refractivity contribution in [3.8, 4) is 0 Å². The molecule has 1 aromatic carbocycles. The predicted octanol–water partition coefficient (Wildman–Crippen LogP) is 0.497. The summed E-state index contributed by atoms with van der Waals surface area (Å²) in [5.41, 5.74) is 4.04. The Morgan fingerprint density at radius 3 is 1.70 bits per heavy atom. The van der Waals surface area contributed by atoms with Crippen molar-refractivity contribution in [3.63, 3.8) is 0 Å². The molecule has 0 saturated carbocycles. The summed E-state index contributed by atoms with van der Waals surface area (Å²) in [7, 11) is 0. The van der Waals surface area contributed by atoms with Crippen LogP contribution in [0.5, 0.6) is 0 Å². The zero-order chi connectivity index (χ0) is 6.95. The number of amides is 1. The number of benzene rings is 1. The van der Waals surface area contributed by atoms with E-state index < -0.39 is 0 Å². The Bertz CT molecular complexity index is 117. The van der Waals surface area contributed by atoms with E-state index in [4.69, 9.17) is 4.79 Å². The van der Waals surface area contributed by atoms with Crippen LogP contribution in [0.15, 0.2) is 30.3 Å². The molecule has 1 aromatic rings. The van der Waals surface area contributed by atoms with E-state index in [0.717, 1.165) is 6.41 Å². The average Bonchev–Trinajstić information content (AvgIpc) is 1.93. The zero-order valence-electron chi connectivity index (χ0n) is 5.45. The van der Waals surface area contributed by atoms with E-state index in [1.807, 2.05) is 30.3 Å². The topological polar surface area (TPSA) is 43.1 Å². The molecule has 1 amide bonds. The van der Waals surface area contributed by atoms with Gasteiger partial charge in [-0.15, -0.1) is 0 Å². The van der Waals surface area contributed by atoms with Crippen molar-refractivity contribution in [1.82, 2.24) is 0 Å². The molecular formula is C7H7NOY-2. The largest absolute Gasteiger partial charge is 0.543 e. The normalized spacial score (nSPS) is 6.00. The molecule has 0 saturated heterocycles. The van der Waals surface area contributed by atoms with Crippen LogP contribution in [-0.4, -0.2) is 6.41 Å². The fourth-order valence-electron chi connectivity index (χ4n) is 0.342. The molecule has 51 valence electrons. The first-order chi connectivity index (χ1) is 4.41. The van der Waals surface area contributed by atoms with Crippen LogP contribution in [0.25, 0.3) is 0 Å². The van der Waals surface area contributed by atoms with E-state index in [2.05, 4.69) is 11.8 Å². The summed E-state index contributed by atoms with van der Waals surface area (Å²) in [6.07, 6.45) is 1.00. The maximum Gasteiger partial charge on any atom is 0 e. The molecule has 0 unspecified atom stereocenters. The minimum atomic E-state index is 0. The van der Waals surface area contributed by atoms with Crippen molar-refractivity contribution in [2.45, 2.75) is 0 Å². The van der Waals surface area contributed by atoms with Gasteiger partial charge in [0.05, 0.1) is 0 Å². The Morgan fingerprint density at radius 2 is 1.60 bits per heavy atom. The zero-order valence-corrected chi connectivity index (χ0v) is 8.29. The molecule has 0 spiro atoms. The van der Waals surface area contributed by atoms with Gasteiger partial charge < -0.3 is 10.5 Å². The van der Waals surface area contributed by atoms with Gasteiger partial charge in [-0.2, -0.15) is 42.8 Å². The molecule has 1 rings (SSSR count). The Hall–Kier alpha value is -0.206. The molecule has 0 atom stereocenters. The van der Waals surface area contributed by atoms with E-state index in [0.29, 0.717) is 0 Å². The summed E-state index contributed by atoms with van der Waals surface area (Å²) in [4.78, 5) is 8.46. The fourth-order valence-corrected chi connectivity index (χ4v) is 0.342. The van der Waals surface area contributed by atoms with Gasteiger partial charge in [0.2, 0.25) is 0 Å². The molecule has 0 aliphatic rings. The van der Waals surface area contributed by atoms with Gasteiger partial charge >= 0.3 is 0 Å². The maximum absolute atomic E-state index is 8.46. The van der Waals surface area contributed by atoms with Gasteiger partial charge in [0.25, 0.3) is 0 Å². The van der Waals surface area contributed by atoms with Crippen molar-refractivity contribution >= 4 is 6.41 Å². The number of rotatable bonds is 0. The minimum Gasteiger partial charge on any atom is -0.543 e. The van der Waals surface area contributed by atoms with Crippen LogP contribution in [0, 0.1) is 6.07 Å². The van der Waals surface area contributed by atoms with Crippen LogP contribution in [0.3, 0.4) is 0 Å². The Kier molecular flexibility index (Phi) is 14.4. The van der Waals surface area contributed by atoms with Crippen molar-refractivity contribution in [3.05, 3.63) is 36.4 Å². The van der Waals surface area contributed by atoms with Crippen molar-refractivity contribution < 1.29 is 37.5 Å². The molecule has 2 N–H and O–H groups in total. The third kappa shape index (κ3) is 10.7. The van der Waals surface area contributed by atoms with Crippen LogP contribution in [-0.2, 0) is 37.5 Å². The molecule has 0 aromatic heterocycles. The van der Waals surface area contributed by atoms with E-state index in [1.165, 1.54) is 0 Å². The first-order valence-electron chi connectivity index (χ1n) is 2.40. The monoisotopic (exact) mass is 210 g/mol. The molecule has 1 radical (unpaired) electrons. The average molecular weight is 210 g/mol. The van der Waals surface area contributed by atoms with Gasteiger partial charge in [0.1, 0.15) is 0 Å². The summed E-state index contributed by atoms with van der Waals surface area (Å²) >= 11 is 0. The molecule has 0 aliphatic carbocycles. The molecule has 0 heterocycles. The van der Waals surface area contributed by atoms with E-state index in [9.17, 15) is 0 Å². The molecule has 0 aliphatic heterocycles. The second-order valence-electron chi connectivity index (χ2n) is 1.20. The quantitative estimate of drug-likeness (QED) is 0.491. The van der Waals surface area contributed by atoms with Crippen LogP contribution in [0.4, 0.5) is 0 Å². The van der Waals surface area contributed by atoms with Crippen LogP contribution in [0.2, 0.25) is 0 Å². The van der Waals surface area contributed by atoms with Gasteiger partial charge in [-0.3, -0.25) is 0 Å². The molecule has 3 heteroatoms. The molecule has 0 bridgehead atoms. The Labute approximate surface area is 85.7 Å². The van der Waals surface area contributed by atoms with Gasteiger partial charge in [0, 0.05) is 32.7 Å². The predicted molar refractivity (Wildman–Crippen MR) is 35.2 cm³/mol. The molecular weight excluding hydrogens is 203 g/mol. The summed E-state index contributed by atoms with van der Waals surface area (Å²) in [6.45, 7) is 0. The Balaban J connectivity index is 0. The van der Waals surface area contributed by atoms with Gasteiger partial charge in [-0.1, -0.05) is 0 Å². The molecule has 0 fully saturated rings. The van der Waals surface area contributed by atoms with Crippen LogP contribution >= 0.6 is 0 Å². The smallest absolute Gasteiger partial charge is 0 e. The summed E-state index contributed by atoms with van der Waals surface area (Å²) in [5, 5.41) is 0. The first kappa shape index (κ1) is 12.5. The second kappa shape index (κ2) is 11.6. The fraction of sp³-hybridized carbons (Fsp3) is 0. The maximum atomic E-state index is 8.46. The van der Waals surface area contributed by atoms with Gasteiger partial charge in [0.15, 0.2) is 0 Å². The standard InChI is InChI=1S/C6H5.CH2NO.Y/c1-2-4-6-5-3-1;2-1-3;/h1-5H;(H2,2,3);/q2*-1;. The third-order valence-corrected chi connectivity index (χ3v) is 0.607. The molecule has 2 nitrogen and oxygen atoms in total. The first-order valence-corrected chi connectivity index (χ1v) is 2.40. The number of nitrogens with two attached hydrogens (primary N) is 1. The second-order valence-corrected chi connectivity index (χ2v) is 1.20. The van der Waals surface area contributed by atoms with Crippen molar-refractivity contribution in [1.29, 1.82) is 0 Å². The van der Waals surface area contributed by atoms with Gasteiger partial charge in [-0.25, -0.2) is 0 Å². The number of carbonyl (C=O) groups excluding carboxylic acids is 1. The van der Waals surface area contributed by atoms with E-state index in [-0.39, 0.29) is 32.7 Å². The summed E-state index contributed by atoms with van der Waals surface area (Å²) in [6, 6.07) is 12.5. The molecule has 10 heavy (non-hydrogen) atoms. The van der Waals surface area contributed by atoms with Crippen LogP contribution in [0.1, 0.15) is 0 Å². The van der Waals surface area contributed by atoms with Crippen LogP contribution < -0.4 is 5.73 Å². The SMILES string of the molecule is N[C-]=O.[Y].[c-]1ccccc1. The van der Waals surface area contributed by atoms with Crippen molar-refractivity contribution in [2.75, 3.05) is 0 Å². The minimum absolute atomic E-state index is 0. The van der Waals surface area contributed by atoms with E-state index in [1.54, 1.807) is 0 Å². The number of primary amides is 1. The summed E-state index contributed by atoms with van der Waals surface area (Å²) in [5.74, 6) is 0. The number of hydrogen-bond acceptors (Lipinski definition) is 1. The third-order valence-electron chi connectivity index (χ3n) is 0.607. The summed E-state index contributed by atoms with van der Waals surface area (Å²) < 4.78 is 0. The van der Waals surface area contributed by atoms with Gasteiger partial charge in [-0.05, 0) is 0 Å². The van der Waals surface area contributed by atoms with E-state index >= 15 is 0 Å². The number of hydrogen-bond donors (Lipinski definition) is 1.